The van der Waals surface area contributed by atoms with Crippen molar-refractivity contribution >= 4 is 16.1 Å². The molecule has 2 saturated heterocycles. The Balaban J connectivity index is 1.58. The first-order valence-electron chi connectivity index (χ1n) is 15.1. The van der Waals surface area contributed by atoms with Crippen molar-refractivity contribution < 1.29 is 37.3 Å². The van der Waals surface area contributed by atoms with Crippen LogP contribution in [0.4, 0.5) is 4.79 Å². The summed E-state index contributed by atoms with van der Waals surface area (Å²) in [5.41, 5.74) is 9.01. The number of carbonyl (C=O) groups excluding carboxylic acids is 1. The number of amides is 1. The predicted octanol–water partition coefficient (Wildman–Crippen LogP) is 4.31. The van der Waals surface area contributed by atoms with Gasteiger partial charge in [-0.25, -0.2) is 17.9 Å². The number of methoxy groups -OCH3 is 1. The molecule has 6 atom stereocenters. The summed E-state index contributed by atoms with van der Waals surface area (Å²) in [5, 5.41) is 18.4. The van der Waals surface area contributed by atoms with Crippen LogP contribution in [0.25, 0.3) is 10.4 Å². The number of rotatable bonds is 16. The molecule has 0 bridgehead atoms. The fourth-order valence-corrected chi connectivity index (χ4v) is 7.15. The van der Waals surface area contributed by atoms with Crippen LogP contribution in [0.5, 0.6) is 5.75 Å². The van der Waals surface area contributed by atoms with Crippen LogP contribution in [0.2, 0.25) is 0 Å². The Morgan fingerprint density at radius 2 is 1.89 bits per heavy atom. The van der Waals surface area contributed by atoms with E-state index in [9.17, 15) is 18.3 Å². The molecule has 0 spiro atoms. The average Bonchev–Trinajstić information content (AvgIpc) is 3.64. The average molecular weight is 646 g/mol. The Labute approximate surface area is 264 Å². The summed E-state index contributed by atoms with van der Waals surface area (Å²) in [6.07, 6.45) is -0.653. The monoisotopic (exact) mass is 645 g/mol. The SMILES string of the molecule is COc1ccc(S(=O)(=O)NC(CC(C)(C)CCCN=[N+]=[N-])[C@H](O)[C@H](Cc2ccccc2)NC(=O)O[C@H]2CO[C@H]3OCC[C@H]32)cc1. The molecular weight excluding hydrogens is 602 g/mol. The van der Waals surface area contributed by atoms with Gasteiger partial charge in [-0.3, -0.25) is 0 Å². The molecule has 1 unspecified atom stereocenters. The molecule has 0 aromatic heterocycles. The second-order valence-corrected chi connectivity index (χ2v) is 13.9. The third kappa shape index (κ3) is 9.80. The molecule has 0 saturated carbocycles. The molecule has 2 aliphatic rings. The fraction of sp³-hybridized carbons (Fsp3) is 0.581. The van der Waals surface area contributed by atoms with E-state index in [2.05, 4.69) is 20.1 Å². The number of aliphatic hydroxyl groups is 1. The Morgan fingerprint density at radius 1 is 1.16 bits per heavy atom. The summed E-state index contributed by atoms with van der Waals surface area (Å²) in [6.45, 7) is 4.95. The van der Waals surface area contributed by atoms with Crippen molar-refractivity contribution in [2.24, 2.45) is 16.4 Å². The number of nitrogens with one attached hydrogen (secondary N) is 2. The standard InChI is InChI=1S/C31H43N5O8S/c1-31(2,15-7-16-33-36-32)19-26(35-45(39,40)23-12-10-22(41-3)11-13-23)28(37)25(18-21-8-5-4-6-9-21)34-30(38)44-27-20-43-29-24(27)14-17-42-29/h4-6,8-13,24-29,35,37H,7,14-20H2,1-3H3,(H,34,38)/t24-,25-,26?,27-,28+,29+/m0/s1. The van der Waals surface area contributed by atoms with Gasteiger partial charge in [-0.15, -0.1) is 0 Å². The zero-order valence-electron chi connectivity index (χ0n) is 25.9. The molecule has 45 heavy (non-hydrogen) atoms. The van der Waals surface area contributed by atoms with E-state index in [1.165, 1.54) is 19.2 Å². The van der Waals surface area contributed by atoms with Gasteiger partial charge in [-0.2, -0.15) is 0 Å². The first-order chi connectivity index (χ1) is 21.5. The fourth-order valence-electron chi connectivity index (χ4n) is 5.90. The van der Waals surface area contributed by atoms with Crippen molar-refractivity contribution in [3.05, 3.63) is 70.6 Å². The molecule has 14 heteroatoms. The molecule has 2 heterocycles. The van der Waals surface area contributed by atoms with Gasteiger partial charge in [-0.1, -0.05) is 49.3 Å². The first-order valence-corrected chi connectivity index (χ1v) is 16.6. The molecular formula is C31H43N5O8S. The lowest BCUT2D eigenvalue weighted by Gasteiger charge is -2.36. The highest BCUT2D eigenvalue weighted by Gasteiger charge is 2.44. The summed E-state index contributed by atoms with van der Waals surface area (Å²) in [7, 11) is -2.61. The van der Waals surface area contributed by atoms with Crippen LogP contribution in [0, 0.1) is 11.3 Å². The van der Waals surface area contributed by atoms with Gasteiger partial charge in [0.15, 0.2) is 6.29 Å². The van der Waals surface area contributed by atoms with Gasteiger partial charge >= 0.3 is 6.09 Å². The Hall–Kier alpha value is -3.39. The number of fused-ring (bicyclic) bond motifs is 1. The maximum absolute atomic E-state index is 13.6. The van der Waals surface area contributed by atoms with Gasteiger partial charge in [0.1, 0.15) is 11.9 Å². The van der Waals surface area contributed by atoms with Crippen LogP contribution >= 0.6 is 0 Å². The number of hydrogen-bond donors (Lipinski definition) is 3. The highest BCUT2D eigenvalue weighted by atomic mass is 32.2. The van der Waals surface area contributed by atoms with Crippen molar-refractivity contribution in [1.82, 2.24) is 10.0 Å². The van der Waals surface area contributed by atoms with Crippen LogP contribution in [0.1, 0.15) is 45.1 Å². The highest BCUT2D eigenvalue weighted by molar-refractivity contribution is 7.89. The van der Waals surface area contributed by atoms with Crippen LogP contribution in [-0.4, -0.2) is 77.1 Å². The van der Waals surface area contributed by atoms with E-state index in [4.69, 9.17) is 24.5 Å². The molecule has 2 aliphatic heterocycles. The number of sulfonamides is 1. The minimum atomic E-state index is -4.10. The summed E-state index contributed by atoms with van der Waals surface area (Å²) in [5.74, 6) is 0.434. The molecule has 2 fully saturated rings. The molecule has 4 rings (SSSR count). The maximum atomic E-state index is 13.6. The lowest BCUT2D eigenvalue weighted by atomic mass is 9.79. The second kappa shape index (κ2) is 15.7. The minimum absolute atomic E-state index is 0.00297. The van der Waals surface area contributed by atoms with Gasteiger partial charge in [-0.05, 0) is 72.9 Å². The molecule has 0 radical (unpaired) electrons. The van der Waals surface area contributed by atoms with E-state index in [-0.39, 0.29) is 30.3 Å². The van der Waals surface area contributed by atoms with Crippen molar-refractivity contribution in [3.8, 4) is 5.75 Å². The van der Waals surface area contributed by atoms with Gasteiger partial charge in [0.25, 0.3) is 0 Å². The van der Waals surface area contributed by atoms with E-state index >= 15 is 0 Å². The van der Waals surface area contributed by atoms with Gasteiger partial charge < -0.3 is 29.4 Å². The zero-order chi connectivity index (χ0) is 32.5. The smallest absolute Gasteiger partial charge is 0.407 e. The number of hydrogen-bond acceptors (Lipinski definition) is 9. The van der Waals surface area contributed by atoms with Crippen molar-refractivity contribution in [1.29, 1.82) is 0 Å². The number of aliphatic hydroxyl groups excluding tert-OH is 1. The Morgan fingerprint density at radius 3 is 2.58 bits per heavy atom. The van der Waals surface area contributed by atoms with E-state index in [1.54, 1.807) is 12.1 Å². The van der Waals surface area contributed by atoms with Gasteiger partial charge in [0.2, 0.25) is 10.0 Å². The van der Waals surface area contributed by atoms with Crippen molar-refractivity contribution in [2.75, 3.05) is 26.9 Å². The molecule has 2 aromatic carbocycles. The van der Waals surface area contributed by atoms with Gasteiger partial charge in [0, 0.05) is 11.5 Å². The summed E-state index contributed by atoms with van der Waals surface area (Å²) < 4.78 is 52.0. The lowest BCUT2D eigenvalue weighted by molar-refractivity contribution is -0.0907. The maximum Gasteiger partial charge on any atom is 0.407 e. The number of azide groups is 1. The Bertz CT molecular complexity index is 1400. The topological polar surface area (TPSA) is 181 Å². The predicted molar refractivity (Wildman–Crippen MR) is 166 cm³/mol. The molecule has 0 aliphatic carbocycles. The largest absolute Gasteiger partial charge is 0.497 e. The lowest BCUT2D eigenvalue weighted by Crippen LogP contribution is -2.56. The normalized spacial score (nSPS) is 21.6. The van der Waals surface area contributed by atoms with Crippen LogP contribution in [0.15, 0.2) is 64.6 Å². The molecule has 2 aromatic rings. The van der Waals surface area contributed by atoms with E-state index in [1.807, 2.05) is 44.2 Å². The number of benzene rings is 2. The highest BCUT2D eigenvalue weighted by Crippen LogP contribution is 2.34. The molecule has 3 N–H and O–H groups in total. The van der Waals surface area contributed by atoms with E-state index in [0.29, 0.717) is 38.2 Å². The van der Waals surface area contributed by atoms with Crippen molar-refractivity contribution in [2.45, 2.75) is 81.4 Å². The van der Waals surface area contributed by atoms with E-state index < -0.39 is 52.1 Å². The van der Waals surface area contributed by atoms with E-state index in [0.717, 1.165) is 5.56 Å². The molecule has 13 nitrogen and oxygen atoms in total. The molecule has 246 valence electrons. The Kier molecular flexibility index (Phi) is 12.1. The second-order valence-electron chi connectivity index (χ2n) is 12.2. The number of ether oxygens (including phenoxy) is 4. The summed E-state index contributed by atoms with van der Waals surface area (Å²) in [4.78, 5) is 16.0. The minimum Gasteiger partial charge on any atom is -0.497 e. The number of nitrogens with zero attached hydrogens (tertiary/aromatic N) is 3. The first kappa shape index (κ1) is 34.5. The zero-order valence-corrected chi connectivity index (χ0v) is 26.7. The van der Waals surface area contributed by atoms with Crippen LogP contribution in [0.3, 0.4) is 0 Å². The van der Waals surface area contributed by atoms with Crippen molar-refractivity contribution in [3.63, 3.8) is 0 Å². The van der Waals surface area contributed by atoms with Gasteiger partial charge in [0.05, 0.1) is 49.3 Å². The summed E-state index contributed by atoms with van der Waals surface area (Å²) in [6, 6.07) is 13.3. The molecule has 1 amide bonds. The quantitative estimate of drug-likeness (QED) is 0.104. The number of alkyl carbamates (subject to hydrolysis) is 1. The third-order valence-corrected chi connectivity index (χ3v) is 9.80. The van der Waals surface area contributed by atoms with Crippen LogP contribution in [-0.2, 0) is 30.7 Å². The van der Waals surface area contributed by atoms with Crippen LogP contribution < -0.4 is 14.8 Å². The third-order valence-electron chi connectivity index (χ3n) is 8.29. The summed E-state index contributed by atoms with van der Waals surface area (Å²) >= 11 is 0. The number of carbonyl (C=O) groups is 1.